The lowest BCUT2D eigenvalue weighted by Crippen LogP contribution is -2.23. The molecule has 0 fully saturated rings. The first-order valence-electron chi connectivity index (χ1n) is 3.90. The van der Waals surface area contributed by atoms with Crippen LogP contribution in [0.4, 0.5) is 0 Å². The van der Waals surface area contributed by atoms with Crippen molar-refractivity contribution in [3.8, 4) is 0 Å². The highest BCUT2D eigenvalue weighted by Gasteiger charge is 2.05. The van der Waals surface area contributed by atoms with E-state index in [9.17, 15) is 9.59 Å². The zero-order valence-corrected chi connectivity index (χ0v) is 7.00. The molecule has 2 N–H and O–H groups in total. The van der Waals surface area contributed by atoms with Crippen LogP contribution in [-0.4, -0.2) is 19.5 Å². The topological polar surface area (TPSA) is 83.5 Å². The highest BCUT2D eigenvalue weighted by Crippen LogP contribution is 2.00. The van der Waals surface area contributed by atoms with E-state index in [2.05, 4.69) is 15.0 Å². The Bertz CT molecular complexity index is 547. The van der Waals surface area contributed by atoms with Gasteiger partial charge in [-0.15, -0.1) is 0 Å². The predicted molar refractivity (Wildman–Crippen MR) is 46.6 cm³/mol. The highest BCUT2D eigenvalue weighted by molar-refractivity contribution is 5.68. The summed E-state index contributed by atoms with van der Waals surface area (Å²) in [6, 6.07) is 0. The van der Waals surface area contributed by atoms with Gasteiger partial charge in [0, 0.05) is 6.54 Å². The summed E-state index contributed by atoms with van der Waals surface area (Å²) in [6.07, 6.45) is 1.52. The number of rotatable bonds is 1. The van der Waals surface area contributed by atoms with Gasteiger partial charge in [-0.2, -0.15) is 0 Å². The summed E-state index contributed by atoms with van der Waals surface area (Å²) in [6.45, 7) is 2.54. The molecule has 6 heteroatoms. The number of fused-ring (bicyclic) bond motifs is 1. The number of hydrogen-bond acceptors (Lipinski definition) is 3. The number of nitrogens with zero attached hydrogens (tertiary/aromatic N) is 2. The van der Waals surface area contributed by atoms with E-state index < -0.39 is 11.2 Å². The van der Waals surface area contributed by atoms with Crippen LogP contribution < -0.4 is 11.2 Å². The van der Waals surface area contributed by atoms with Gasteiger partial charge in [0.1, 0.15) is 0 Å². The molecule has 0 aliphatic rings. The summed E-state index contributed by atoms with van der Waals surface area (Å²) in [7, 11) is 0. The minimum Gasteiger partial charge on any atom is -0.325 e. The van der Waals surface area contributed by atoms with E-state index in [1.54, 1.807) is 4.57 Å². The smallest absolute Gasteiger partial charge is 0.325 e. The number of H-pyrrole nitrogens is 2. The SMILES string of the molecule is CCn1cnc2[nH]c(=O)[nH]c(=O)c21. The van der Waals surface area contributed by atoms with Crippen LogP contribution in [0.25, 0.3) is 11.2 Å². The Morgan fingerprint density at radius 1 is 1.46 bits per heavy atom. The van der Waals surface area contributed by atoms with Crippen LogP contribution in [-0.2, 0) is 6.54 Å². The molecule has 0 aliphatic heterocycles. The second-order valence-corrected chi connectivity index (χ2v) is 2.64. The van der Waals surface area contributed by atoms with Crippen LogP contribution in [0.5, 0.6) is 0 Å². The molecule has 2 aromatic rings. The van der Waals surface area contributed by atoms with Gasteiger partial charge in [0.15, 0.2) is 11.2 Å². The van der Waals surface area contributed by atoms with Gasteiger partial charge >= 0.3 is 5.69 Å². The summed E-state index contributed by atoms with van der Waals surface area (Å²) < 4.78 is 1.67. The molecule has 2 rings (SSSR count). The average Bonchev–Trinajstić information content (AvgIpc) is 2.47. The lowest BCUT2D eigenvalue weighted by molar-refractivity contribution is 0.782. The number of nitrogens with one attached hydrogen (secondary N) is 2. The second kappa shape index (κ2) is 2.58. The van der Waals surface area contributed by atoms with E-state index in [4.69, 9.17) is 0 Å². The maximum absolute atomic E-state index is 11.3. The lowest BCUT2D eigenvalue weighted by atomic mass is 10.5. The third kappa shape index (κ3) is 1.07. The summed E-state index contributed by atoms with van der Waals surface area (Å²) in [5.41, 5.74) is -0.199. The van der Waals surface area contributed by atoms with Crippen molar-refractivity contribution in [3.63, 3.8) is 0 Å². The minimum absolute atomic E-state index is 0.329. The number of imidazole rings is 1. The predicted octanol–water partition coefficient (Wildman–Crippen LogP) is -0.567. The van der Waals surface area contributed by atoms with Gasteiger partial charge in [-0.25, -0.2) is 9.78 Å². The quantitative estimate of drug-likeness (QED) is 0.616. The van der Waals surface area contributed by atoms with Crippen molar-refractivity contribution < 1.29 is 0 Å². The van der Waals surface area contributed by atoms with E-state index in [0.29, 0.717) is 17.7 Å². The molecule has 68 valence electrons. The Morgan fingerprint density at radius 2 is 2.23 bits per heavy atom. The van der Waals surface area contributed by atoms with Crippen molar-refractivity contribution >= 4 is 11.2 Å². The Kier molecular flexibility index (Phi) is 1.54. The van der Waals surface area contributed by atoms with Crippen molar-refractivity contribution in [1.29, 1.82) is 0 Å². The molecule has 13 heavy (non-hydrogen) atoms. The zero-order chi connectivity index (χ0) is 9.42. The van der Waals surface area contributed by atoms with E-state index in [1.807, 2.05) is 6.92 Å². The maximum atomic E-state index is 11.3. The molecule has 6 nitrogen and oxygen atoms in total. The van der Waals surface area contributed by atoms with Crippen molar-refractivity contribution in [2.75, 3.05) is 0 Å². The van der Waals surface area contributed by atoms with Gasteiger partial charge in [0.2, 0.25) is 0 Å². The van der Waals surface area contributed by atoms with Crippen LogP contribution in [0.15, 0.2) is 15.9 Å². The third-order valence-corrected chi connectivity index (χ3v) is 1.85. The molecule has 0 bridgehead atoms. The number of aromatic nitrogens is 4. The molecule has 2 heterocycles. The molecular formula is C7H8N4O2. The fourth-order valence-corrected chi connectivity index (χ4v) is 1.25. The summed E-state index contributed by atoms with van der Waals surface area (Å²) >= 11 is 0. The van der Waals surface area contributed by atoms with E-state index in [-0.39, 0.29) is 0 Å². The first kappa shape index (κ1) is 7.78. The summed E-state index contributed by atoms with van der Waals surface area (Å²) in [5, 5.41) is 0. The summed E-state index contributed by atoms with van der Waals surface area (Å²) in [5.74, 6) is 0. The van der Waals surface area contributed by atoms with Crippen molar-refractivity contribution in [1.82, 2.24) is 19.5 Å². The molecule has 0 saturated carbocycles. The molecule has 2 aromatic heterocycles. The molecule has 0 atom stereocenters. The van der Waals surface area contributed by atoms with Crippen LogP contribution in [0.3, 0.4) is 0 Å². The standard InChI is InChI=1S/C7H8N4O2/c1-2-11-3-8-5-4(11)6(12)10-7(13)9-5/h3H,2H2,1H3,(H2,9,10,12,13). The van der Waals surface area contributed by atoms with Crippen LogP contribution in [0.1, 0.15) is 6.92 Å². The van der Waals surface area contributed by atoms with Gasteiger partial charge in [0.05, 0.1) is 6.33 Å². The number of aromatic amines is 2. The number of aryl methyl sites for hydroxylation is 1. The first-order chi connectivity index (χ1) is 6.22. The van der Waals surface area contributed by atoms with Crippen LogP contribution in [0.2, 0.25) is 0 Å². The fourth-order valence-electron chi connectivity index (χ4n) is 1.25. The molecule has 0 saturated heterocycles. The Balaban J connectivity index is 2.99. The molecule has 0 radical (unpaired) electrons. The normalized spacial score (nSPS) is 10.8. The van der Waals surface area contributed by atoms with Crippen LogP contribution >= 0.6 is 0 Å². The first-order valence-corrected chi connectivity index (χ1v) is 3.90. The van der Waals surface area contributed by atoms with Gasteiger partial charge in [-0.05, 0) is 6.92 Å². The van der Waals surface area contributed by atoms with E-state index in [0.717, 1.165) is 0 Å². The van der Waals surface area contributed by atoms with Crippen molar-refractivity contribution in [2.45, 2.75) is 13.5 Å². The molecule has 0 spiro atoms. The monoisotopic (exact) mass is 180 g/mol. The Hall–Kier alpha value is -1.85. The van der Waals surface area contributed by atoms with Gasteiger partial charge in [0.25, 0.3) is 5.56 Å². The minimum atomic E-state index is -0.529. The molecule has 0 amide bonds. The van der Waals surface area contributed by atoms with Gasteiger partial charge < -0.3 is 4.57 Å². The Labute approximate surface area is 72.2 Å². The summed E-state index contributed by atoms with van der Waals surface area (Å²) in [4.78, 5) is 30.6. The fraction of sp³-hybridized carbons (Fsp3) is 0.286. The second-order valence-electron chi connectivity index (χ2n) is 2.64. The third-order valence-electron chi connectivity index (χ3n) is 1.85. The molecule has 0 aliphatic carbocycles. The average molecular weight is 180 g/mol. The van der Waals surface area contributed by atoms with E-state index >= 15 is 0 Å². The molecule has 0 aromatic carbocycles. The largest absolute Gasteiger partial charge is 0.327 e. The van der Waals surface area contributed by atoms with E-state index in [1.165, 1.54) is 6.33 Å². The molecule has 0 unspecified atom stereocenters. The van der Waals surface area contributed by atoms with Crippen molar-refractivity contribution in [3.05, 3.63) is 27.2 Å². The maximum Gasteiger partial charge on any atom is 0.327 e. The number of hydrogen-bond donors (Lipinski definition) is 2. The van der Waals surface area contributed by atoms with Gasteiger partial charge in [-0.1, -0.05) is 0 Å². The van der Waals surface area contributed by atoms with Crippen molar-refractivity contribution in [2.24, 2.45) is 0 Å². The lowest BCUT2D eigenvalue weighted by Gasteiger charge is -1.95. The highest BCUT2D eigenvalue weighted by atomic mass is 16.2. The van der Waals surface area contributed by atoms with Crippen LogP contribution in [0, 0.1) is 0 Å². The Morgan fingerprint density at radius 3 is 2.92 bits per heavy atom. The molecular weight excluding hydrogens is 172 g/mol. The van der Waals surface area contributed by atoms with Gasteiger partial charge in [-0.3, -0.25) is 14.8 Å². The zero-order valence-electron chi connectivity index (χ0n) is 7.00.